The summed E-state index contributed by atoms with van der Waals surface area (Å²) in [6, 6.07) is 70.7. The Morgan fingerprint density at radius 2 is 0.710 bits per heavy atom. The first kappa shape index (κ1) is 34.5. The molecule has 0 bridgehead atoms. The maximum atomic E-state index is 6.55. The van der Waals surface area contributed by atoms with E-state index in [2.05, 4.69) is 176 Å². The molecule has 0 saturated heterocycles. The van der Waals surface area contributed by atoms with E-state index in [0.717, 1.165) is 121 Å². The van der Waals surface area contributed by atoms with Crippen LogP contribution in [0.15, 0.2) is 215 Å². The van der Waals surface area contributed by atoms with E-state index in [4.69, 9.17) is 18.8 Å². The average molecular weight is 791 g/mol. The Bertz CT molecular complexity index is 3790. The third-order valence-electron chi connectivity index (χ3n) is 12.5. The Morgan fingerprint density at radius 3 is 1.27 bits per heavy atom. The zero-order valence-electron chi connectivity index (χ0n) is 33.3. The predicted molar refractivity (Wildman–Crippen MR) is 256 cm³/mol. The largest absolute Gasteiger partial charge is 0.455 e. The normalized spacial score (nSPS) is 11.9. The Morgan fingerprint density at radius 1 is 0.290 bits per heavy atom. The summed E-state index contributed by atoms with van der Waals surface area (Å²) in [4.78, 5) is 10.3. The molecule has 0 aliphatic heterocycles. The SMILES string of the molecule is c1cc(-c2ccc(-c3ccc(-c4c5oc6ccccc6c5cc5c4oc4ccccc45)cc3)cc2)cc(-c2cccc(-c3cnc4c5ccccc5c5ccccc5c4n3)c2)c1. The zero-order chi connectivity index (χ0) is 40.7. The third-order valence-corrected chi connectivity index (χ3v) is 12.5. The Kier molecular flexibility index (Phi) is 7.57. The molecule has 4 nitrogen and oxygen atoms in total. The van der Waals surface area contributed by atoms with Crippen molar-refractivity contribution in [3.05, 3.63) is 206 Å². The molecule has 0 unspecified atom stereocenters. The standard InChI is InChI=1S/C58H34N2O2/c1-3-19-47-43(15-1)44-16-2-4-20-48(44)56-55(47)59-34-51(60-56)42-14-10-13-41(32-42)40-12-9-11-39(31-40)37-25-23-35(24-26-37)36-27-29-38(30-28-36)54-57-49(45-17-5-7-21-52(45)61-57)33-50-46-18-6-8-22-53(46)62-58(50)54/h1-34H. The van der Waals surface area contributed by atoms with Gasteiger partial charge in [0.1, 0.15) is 22.3 Å². The highest BCUT2D eigenvalue weighted by atomic mass is 16.3. The molecule has 0 aliphatic carbocycles. The van der Waals surface area contributed by atoms with Gasteiger partial charge >= 0.3 is 0 Å². The number of para-hydroxylation sites is 2. The summed E-state index contributed by atoms with van der Waals surface area (Å²) >= 11 is 0. The molecule has 3 heterocycles. The van der Waals surface area contributed by atoms with Crippen molar-refractivity contribution in [1.29, 1.82) is 0 Å². The van der Waals surface area contributed by atoms with E-state index in [-0.39, 0.29) is 0 Å². The van der Waals surface area contributed by atoms with Crippen molar-refractivity contribution in [3.8, 4) is 55.8 Å². The van der Waals surface area contributed by atoms with Gasteiger partial charge in [0, 0.05) is 37.9 Å². The van der Waals surface area contributed by atoms with Gasteiger partial charge in [-0.05, 0) is 80.0 Å². The number of nitrogens with zero attached hydrogens (tertiary/aromatic N) is 2. The van der Waals surface area contributed by atoms with E-state index >= 15 is 0 Å². The van der Waals surface area contributed by atoms with Crippen molar-refractivity contribution in [2.75, 3.05) is 0 Å². The number of hydrogen-bond donors (Lipinski definition) is 0. The number of furan rings is 2. The van der Waals surface area contributed by atoms with Gasteiger partial charge in [0.2, 0.25) is 0 Å². The van der Waals surface area contributed by atoms with Crippen molar-refractivity contribution < 1.29 is 8.83 Å². The summed E-state index contributed by atoms with van der Waals surface area (Å²) in [7, 11) is 0. The second kappa shape index (κ2) is 13.6. The molecule has 0 amide bonds. The van der Waals surface area contributed by atoms with Crippen molar-refractivity contribution in [2.45, 2.75) is 0 Å². The number of aromatic nitrogens is 2. The van der Waals surface area contributed by atoms with Crippen molar-refractivity contribution in [2.24, 2.45) is 0 Å². The van der Waals surface area contributed by atoms with Crippen LogP contribution in [0, 0.1) is 0 Å². The summed E-state index contributed by atoms with van der Waals surface area (Å²) in [5, 5.41) is 9.01. The van der Waals surface area contributed by atoms with Gasteiger partial charge in [-0.3, -0.25) is 4.98 Å². The minimum absolute atomic E-state index is 0.841. The highest BCUT2D eigenvalue weighted by Gasteiger charge is 2.21. The van der Waals surface area contributed by atoms with Gasteiger partial charge in [0.05, 0.1) is 28.5 Å². The van der Waals surface area contributed by atoms with E-state index < -0.39 is 0 Å². The van der Waals surface area contributed by atoms with Gasteiger partial charge in [0.15, 0.2) is 0 Å². The van der Waals surface area contributed by atoms with Gasteiger partial charge in [0.25, 0.3) is 0 Å². The molecule has 13 aromatic rings. The number of hydrogen-bond acceptors (Lipinski definition) is 4. The first-order valence-corrected chi connectivity index (χ1v) is 21.0. The van der Waals surface area contributed by atoms with Crippen LogP contribution in [0.3, 0.4) is 0 Å². The molecule has 0 aliphatic rings. The lowest BCUT2D eigenvalue weighted by atomic mass is 9.95. The van der Waals surface area contributed by atoms with Crippen molar-refractivity contribution in [3.63, 3.8) is 0 Å². The zero-order valence-corrected chi connectivity index (χ0v) is 33.3. The van der Waals surface area contributed by atoms with E-state index in [9.17, 15) is 0 Å². The van der Waals surface area contributed by atoms with E-state index in [1.54, 1.807) is 0 Å². The lowest BCUT2D eigenvalue weighted by Gasteiger charge is -2.11. The highest BCUT2D eigenvalue weighted by molar-refractivity contribution is 6.24. The molecule has 0 fully saturated rings. The summed E-state index contributed by atoms with van der Waals surface area (Å²) in [6.45, 7) is 0. The van der Waals surface area contributed by atoms with E-state index in [1.807, 2.05) is 30.5 Å². The fourth-order valence-corrected chi connectivity index (χ4v) is 9.48. The van der Waals surface area contributed by atoms with Crippen molar-refractivity contribution >= 4 is 76.5 Å². The first-order chi connectivity index (χ1) is 30.7. The summed E-state index contributed by atoms with van der Waals surface area (Å²) in [5.41, 5.74) is 16.1. The average Bonchev–Trinajstić information content (AvgIpc) is 3.91. The van der Waals surface area contributed by atoms with Gasteiger partial charge < -0.3 is 8.83 Å². The molecule has 3 aromatic heterocycles. The lowest BCUT2D eigenvalue weighted by molar-refractivity contribution is 0.658. The quantitative estimate of drug-likeness (QED) is 0.163. The van der Waals surface area contributed by atoms with Crippen LogP contribution in [-0.2, 0) is 0 Å². The van der Waals surface area contributed by atoms with Gasteiger partial charge in [-0.2, -0.15) is 0 Å². The Labute approximate surface area is 356 Å². The molecular weight excluding hydrogens is 757 g/mol. The molecule has 0 spiro atoms. The van der Waals surface area contributed by atoms with Gasteiger partial charge in [-0.1, -0.05) is 170 Å². The van der Waals surface area contributed by atoms with E-state index in [0.29, 0.717) is 0 Å². The molecule has 13 rings (SSSR count). The molecular formula is C58H34N2O2. The molecule has 0 N–H and O–H groups in total. The number of fused-ring (bicyclic) bond motifs is 12. The second-order valence-electron chi connectivity index (χ2n) is 16.1. The number of rotatable bonds is 5. The third kappa shape index (κ3) is 5.40. The highest BCUT2D eigenvalue weighted by Crippen LogP contribution is 2.45. The van der Waals surface area contributed by atoms with Gasteiger partial charge in [-0.25, -0.2) is 4.98 Å². The van der Waals surface area contributed by atoms with Crippen LogP contribution in [0.25, 0.3) is 132 Å². The van der Waals surface area contributed by atoms with Crippen LogP contribution >= 0.6 is 0 Å². The maximum Gasteiger partial charge on any atom is 0.147 e. The second-order valence-corrected chi connectivity index (χ2v) is 16.1. The monoisotopic (exact) mass is 790 g/mol. The smallest absolute Gasteiger partial charge is 0.147 e. The number of benzene rings is 10. The predicted octanol–water partition coefficient (Wildman–Crippen LogP) is 16.1. The summed E-state index contributed by atoms with van der Waals surface area (Å²) in [5.74, 6) is 0. The minimum atomic E-state index is 0.841. The Hall–Kier alpha value is -8.34. The van der Waals surface area contributed by atoms with Gasteiger partial charge in [-0.15, -0.1) is 0 Å². The molecule has 10 aromatic carbocycles. The fraction of sp³-hybridized carbons (Fsp3) is 0. The topological polar surface area (TPSA) is 52.1 Å². The molecule has 0 radical (unpaired) electrons. The maximum absolute atomic E-state index is 6.55. The molecule has 62 heavy (non-hydrogen) atoms. The molecule has 288 valence electrons. The molecule has 0 atom stereocenters. The van der Waals surface area contributed by atoms with Crippen LogP contribution in [0.5, 0.6) is 0 Å². The van der Waals surface area contributed by atoms with Crippen LogP contribution in [0.4, 0.5) is 0 Å². The van der Waals surface area contributed by atoms with Crippen LogP contribution in [0.1, 0.15) is 0 Å². The summed E-state index contributed by atoms with van der Waals surface area (Å²) in [6.07, 6.45) is 1.91. The fourth-order valence-electron chi connectivity index (χ4n) is 9.48. The molecule has 4 heteroatoms. The lowest BCUT2D eigenvalue weighted by Crippen LogP contribution is -1.92. The first-order valence-electron chi connectivity index (χ1n) is 21.0. The summed E-state index contributed by atoms with van der Waals surface area (Å²) < 4.78 is 13.1. The van der Waals surface area contributed by atoms with Crippen LogP contribution < -0.4 is 0 Å². The Balaban J connectivity index is 0.816. The van der Waals surface area contributed by atoms with Crippen molar-refractivity contribution in [1.82, 2.24) is 9.97 Å². The van der Waals surface area contributed by atoms with Crippen LogP contribution in [-0.4, -0.2) is 9.97 Å². The van der Waals surface area contributed by atoms with Crippen LogP contribution in [0.2, 0.25) is 0 Å². The van der Waals surface area contributed by atoms with E-state index in [1.165, 1.54) is 10.8 Å². The molecule has 0 saturated carbocycles. The minimum Gasteiger partial charge on any atom is -0.455 e.